The van der Waals surface area contributed by atoms with Gasteiger partial charge >= 0.3 is 5.97 Å². The van der Waals surface area contributed by atoms with Gasteiger partial charge in [0, 0.05) is 13.0 Å². The van der Waals surface area contributed by atoms with Gasteiger partial charge in [0.15, 0.2) is 12.2 Å². The van der Waals surface area contributed by atoms with Crippen molar-refractivity contribution in [2.24, 2.45) is 35.5 Å². The highest BCUT2D eigenvalue weighted by atomic mass is 32.2. The average molecular weight is 417 g/mol. The molecule has 6 atom stereocenters. The number of carbonyl (C=O) groups excluding carboxylic acids is 3. The highest BCUT2D eigenvalue weighted by molar-refractivity contribution is 7.93. The lowest BCUT2D eigenvalue weighted by atomic mass is 9.69. The maximum atomic E-state index is 12.9. The van der Waals surface area contributed by atoms with E-state index >= 15 is 0 Å². The largest absolute Gasteiger partial charge is 0.460 e. The predicted octanol–water partition coefficient (Wildman–Crippen LogP) is 2.25. The van der Waals surface area contributed by atoms with Crippen LogP contribution in [0.5, 0.6) is 0 Å². The molecule has 0 saturated heterocycles. The molecule has 2 N–H and O–H groups in total. The second-order valence-electron chi connectivity index (χ2n) is 8.75. The van der Waals surface area contributed by atoms with E-state index in [2.05, 4.69) is 33.1 Å². The number of esters is 1. The van der Waals surface area contributed by atoms with Crippen molar-refractivity contribution >= 4 is 30.0 Å². The molecule has 0 aromatic heterocycles. The summed E-state index contributed by atoms with van der Waals surface area (Å²) < 4.78 is 12.5. The Bertz CT molecular complexity index is 593. The van der Waals surface area contributed by atoms with Crippen molar-refractivity contribution in [2.45, 2.75) is 53.1 Å². The second kappa shape index (κ2) is 9.45. The van der Waals surface area contributed by atoms with Crippen LogP contribution in [0, 0.1) is 35.5 Å². The Labute approximate surface area is 171 Å². The van der Waals surface area contributed by atoms with Crippen molar-refractivity contribution in [3.05, 3.63) is 0 Å². The lowest BCUT2D eigenvalue weighted by Crippen LogP contribution is -2.47. The molecular weight excluding hydrogens is 384 g/mol. The summed E-state index contributed by atoms with van der Waals surface area (Å²) in [5, 5.41) is 2.82. The number of ether oxygens (including phenoxy) is 1. The molecule has 2 aliphatic carbocycles. The molecule has 2 rings (SSSR count). The molecule has 9 heteroatoms. The summed E-state index contributed by atoms with van der Waals surface area (Å²) in [5.74, 6) is -0.481. The number of hydrogen-bond acceptors (Lipinski definition) is 7. The van der Waals surface area contributed by atoms with Crippen LogP contribution in [-0.2, 0) is 28.3 Å². The van der Waals surface area contributed by atoms with Crippen LogP contribution >= 0.6 is 12.2 Å². The minimum atomic E-state index is -0.588. The Morgan fingerprint density at radius 2 is 1.68 bits per heavy atom. The summed E-state index contributed by atoms with van der Waals surface area (Å²) in [6.45, 7) is 10.0. The van der Waals surface area contributed by atoms with Crippen LogP contribution in [0.25, 0.3) is 0 Å². The minimum absolute atomic E-state index is 0.107. The third-order valence-corrected chi connectivity index (χ3v) is 6.44. The Morgan fingerprint density at radius 1 is 1.07 bits per heavy atom. The van der Waals surface area contributed by atoms with E-state index in [0.717, 1.165) is 6.42 Å². The van der Waals surface area contributed by atoms with Gasteiger partial charge in [0.05, 0.1) is 18.9 Å². The first-order chi connectivity index (χ1) is 13.1. The zero-order chi connectivity index (χ0) is 21.1. The molecule has 0 heterocycles. The zero-order valence-electron chi connectivity index (χ0n) is 17.4. The Balaban J connectivity index is 1.97. The molecule has 0 aliphatic heterocycles. The van der Waals surface area contributed by atoms with Gasteiger partial charge < -0.3 is 10.1 Å². The van der Waals surface area contributed by atoms with Crippen LogP contribution in [0.15, 0.2) is 0 Å². The van der Waals surface area contributed by atoms with Crippen LogP contribution in [0.4, 0.5) is 0 Å². The summed E-state index contributed by atoms with van der Waals surface area (Å²) in [5.41, 5.74) is -0.588. The van der Waals surface area contributed by atoms with Crippen LogP contribution in [0.3, 0.4) is 0 Å². The van der Waals surface area contributed by atoms with E-state index in [0.29, 0.717) is 24.1 Å². The number of fused-ring (bicyclic) bond motifs is 2. The van der Waals surface area contributed by atoms with Gasteiger partial charge in [-0.15, -0.1) is 4.33 Å². The number of rotatable bonds is 8. The third-order valence-electron chi connectivity index (χ3n) is 5.92. The Hall–Kier alpha value is -1.32. The van der Waals surface area contributed by atoms with Crippen LogP contribution in [0.1, 0.15) is 47.5 Å². The zero-order valence-corrected chi connectivity index (χ0v) is 18.3. The molecule has 0 aromatic rings. The van der Waals surface area contributed by atoms with Gasteiger partial charge in [0.25, 0.3) is 0 Å². The van der Waals surface area contributed by atoms with E-state index < -0.39 is 17.4 Å². The minimum Gasteiger partial charge on any atom is -0.460 e. The van der Waals surface area contributed by atoms with Crippen molar-refractivity contribution in [3.8, 4) is 0 Å². The maximum Gasteiger partial charge on any atom is 0.310 e. The standard InChI is InChI=1S/C19H32N2O6S/c1-10-11(2)13-9-12(10)15(16(13)18(24)26-19(3,4)5)17(23)20-8-7-14(22)21-28-27-25-6/h10-13,15-16H,7-9H2,1-6H3,(H,20,23)(H,21,22). The van der Waals surface area contributed by atoms with Crippen molar-refractivity contribution in [1.29, 1.82) is 0 Å². The fourth-order valence-electron chi connectivity index (χ4n) is 4.62. The number of amides is 2. The lowest BCUT2D eigenvalue weighted by molar-refractivity contribution is -0.167. The number of hydrogen-bond donors (Lipinski definition) is 2. The van der Waals surface area contributed by atoms with Gasteiger partial charge in [-0.1, -0.05) is 13.8 Å². The molecule has 6 unspecified atom stereocenters. The predicted molar refractivity (Wildman–Crippen MR) is 104 cm³/mol. The topological polar surface area (TPSA) is 103 Å². The van der Waals surface area contributed by atoms with Gasteiger partial charge in [0.2, 0.25) is 11.8 Å². The first kappa shape index (κ1) is 23.0. The number of carbonyl (C=O) groups is 3. The maximum absolute atomic E-state index is 12.9. The van der Waals surface area contributed by atoms with Gasteiger partial charge in [-0.05, 0) is 50.9 Å². The van der Waals surface area contributed by atoms with E-state index in [1.165, 1.54) is 7.11 Å². The van der Waals surface area contributed by atoms with Crippen molar-refractivity contribution in [2.75, 3.05) is 13.7 Å². The second-order valence-corrected chi connectivity index (χ2v) is 9.26. The van der Waals surface area contributed by atoms with Crippen LogP contribution in [-0.4, -0.2) is 37.0 Å². The van der Waals surface area contributed by atoms with Crippen molar-refractivity contribution in [3.63, 3.8) is 0 Å². The van der Waals surface area contributed by atoms with Gasteiger partial charge in [0.1, 0.15) is 5.60 Å². The number of nitrogens with one attached hydrogen (secondary N) is 2. The summed E-state index contributed by atoms with van der Waals surface area (Å²) >= 11 is 0.670. The first-order valence-electron chi connectivity index (χ1n) is 9.72. The SMILES string of the molecule is COOSNC(=O)CCNC(=O)C1C2CC(C(C)C2C)C1C(=O)OC(C)(C)C. The van der Waals surface area contributed by atoms with Crippen LogP contribution in [0.2, 0.25) is 0 Å². The molecule has 0 spiro atoms. The smallest absolute Gasteiger partial charge is 0.310 e. The molecule has 2 saturated carbocycles. The van der Waals surface area contributed by atoms with E-state index in [4.69, 9.17) is 4.74 Å². The van der Waals surface area contributed by atoms with Crippen molar-refractivity contribution < 1.29 is 28.3 Å². The first-order valence-corrected chi connectivity index (χ1v) is 10.5. The van der Waals surface area contributed by atoms with E-state index in [9.17, 15) is 14.4 Å². The lowest BCUT2D eigenvalue weighted by Gasteiger charge is -2.37. The van der Waals surface area contributed by atoms with E-state index in [1.54, 1.807) is 0 Å². The van der Waals surface area contributed by atoms with E-state index in [-0.39, 0.29) is 42.6 Å². The quantitative estimate of drug-likeness (QED) is 0.156. The molecule has 160 valence electrons. The normalized spacial score (nSPS) is 31.5. The summed E-state index contributed by atoms with van der Waals surface area (Å²) in [6.07, 6.45) is 0.978. The Morgan fingerprint density at radius 3 is 2.25 bits per heavy atom. The van der Waals surface area contributed by atoms with Gasteiger partial charge in [-0.3, -0.25) is 19.1 Å². The van der Waals surface area contributed by atoms with E-state index in [1.807, 2.05) is 20.8 Å². The molecule has 8 nitrogen and oxygen atoms in total. The van der Waals surface area contributed by atoms with Crippen molar-refractivity contribution in [1.82, 2.24) is 10.0 Å². The highest BCUT2D eigenvalue weighted by Gasteiger charge is 2.60. The van der Waals surface area contributed by atoms with Gasteiger partial charge in [-0.2, -0.15) is 0 Å². The Kier molecular flexibility index (Phi) is 7.75. The molecular formula is C19H32N2O6S. The molecule has 2 bridgehead atoms. The summed E-state index contributed by atoms with van der Waals surface area (Å²) in [4.78, 5) is 41.8. The fourth-order valence-corrected chi connectivity index (χ4v) is 4.91. The summed E-state index contributed by atoms with van der Waals surface area (Å²) in [7, 11) is 1.33. The molecule has 2 fully saturated rings. The van der Waals surface area contributed by atoms with Crippen LogP contribution < -0.4 is 10.0 Å². The molecule has 2 aliphatic rings. The monoisotopic (exact) mass is 416 g/mol. The fraction of sp³-hybridized carbons (Fsp3) is 0.842. The molecule has 2 amide bonds. The molecule has 0 aromatic carbocycles. The highest BCUT2D eigenvalue weighted by Crippen LogP contribution is 2.58. The average Bonchev–Trinajstić information content (AvgIpc) is 3.11. The van der Waals surface area contributed by atoms with Gasteiger partial charge in [-0.25, -0.2) is 4.89 Å². The molecule has 28 heavy (non-hydrogen) atoms. The molecule has 0 radical (unpaired) electrons. The third kappa shape index (κ3) is 5.39. The summed E-state index contributed by atoms with van der Waals surface area (Å²) in [6, 6.07) is 0.